The van der Waals surface area contributed by atoms with Gasteiger partial charge in [0.05, 0.1) is 24.6 Å². The minimum absolute atomic E-state index is 0.0250. The third-order valence-corrected chi connectivity index (χ3v) is 5.66. The molecule has 0 bridgehead atoms. The summed E-state index contributed by atoms with van der Waals surface area (Å²) in [6, 6.07) is 7.67. The van der Waals surface area contributed by atoms with Gasteiger partial charge in [-0.3, -0.25) is 9.30 Å². The minimum atomic E-state index is -3.35. The summed E-state index contributed by atoms with van der Waals surface area (Å²) in [5.41, 5.74) is 1.89. The smallest absolute Gasteiger partial charge is 0.236 e. The number of para-hydroxylation sites is 1. The van der Waals surface area contributed by atoms with Gasteiger partial charge in [0.15, 0.2) is 5.96 Å². The average Bonchev–Trinajstić information content (AvgIpc) is 3.03. The Morgan fingerprint density at radius 3 is 2.84 bits per heavy atom. The number of hydrogen-bond acceptors (Lipinski definition) is 4. The van der Waals surface area contributed by atoms with Crippen LogP contribution >= 0.6 is 0 Å². The molecule has 7 nitrogen and oxygen atoms in total. The largest absolute Gasteiger partial charge is 0.380 e. The van der Waals surface area contributed by atoms with Crippen molar-refractivity contribution >= 4 is 21.7 Å². The highest BCUT2D eigenvalue weighted by Gasteiger charge is 2.28. The zero-order valence-electron chi connectivity index (χ0n) is 15.0. The van der Waals surface area contributed by atoms with Gasteiger partial charge in [-0.25, -0.2) is 8.42 Å². The van der Waals surface area contributed by atoms with Crippen LogP contribution in [0, 0.1) is 0 Å². The Labute approximate surface area is 150 Å². The zero-order chi connectivity index (χ0) is 18.1. The second-order valence-corrected chi connectivity index (χ2v) is 7.66. The van der Waals surface area contributed by atoms with Gasteiger partial charge < -0.3 is 15.4 Å². The maximum Gasteiger partial charge on any atom is 0.236 e. The Morgan fingerprint density at radius 2 is 2.08 bits per heavy atom. The van der Waals surface area contributed by atoms with Crippen molar-refractivity contribution in [2.75, 3.05) is 49.5 Å². The highest BCUT2D eigenvalue weighted by atomic mass is 32.2. The molecule has 8 heteroatoms. The zero-order valence-corrected chi connectivity index (χ0v) is 15.8. The fourth-order valence-electron chi connectivity index (χ4n) is 2.71. The van der Waals surface area contributed by atoms with E-state index in [2.05, 4.69) is 15.6 Å². The molecule has 2 rings (SSSR count). The lowest BCUT2D eigenvalue weighted by molar-refractivity contribution is 0.155. The van der Waals surface area contributed by atoms with Gasteiger partial charge in [-0.05, 0) is 31.9 Å². The van der Waals surface area contributed by atoms with Gasteiger partial charge in [-0.1, -0.05) is 18.2 Å². The molecule has 0 saturated heterocycles. The van der Waals surface area contributed by atoms with Gasteiger partial charge in [0.25, 0.3) is 0 Å². The van der Waals surface area contributed by atoms with Gasteiger partial charge >= 0.3 is 0 Å². The van der Waals surface area contributed by atoms with Crippen molar-refractivity contribution < 1.29 is 13.2 Å². The summed E-state index contributed by atoms with van der Waals surface area (Å²) in [7, 11) is -3.35. The van der Waals surface area contributed by atoms with E-state index in [9.17, 15) is 8.42 Å². The van der Waals surface area contributed by atoms with Crippen LogP contribution in [0.4, 0.5) is 5.69 Å². The van der Waals surface area contributed by atoms with E-state index in [4.69, 9.17) is 4.74 Å². The first kappa shape index (κ1) is 19.5. The predicted molar refractivity (Wildman–Crippen MR) is 102 cm³/mol. The number of sulfonamides is 1. The van der Waals surface area contributed by atoms with Crippen LogP contribution in [0.15, 0.2) is 29.3 Å². The maximum atomic E-state index is 12.6. The number of nitrogens with zero attached hydrogens (tertiary/aromatic N) is 2. The van der Waals surface area contributed by atoms with E-state index >= 15 is 0 Å². The van der Waals surface area contributed by atoms with Gasteiger partial charge in [0.2, 0.25) is 10.0 Å². The van der Waals surface area contributed by atoms with Crippen molar-refractivity contribution in [1.29, 1.82) is 0 Å². The van der Waals surface area contributed by atoms with Gasteiger partial charge in [0.1, 0.15) is 0 Å². The van der Waals surface area contributed by atoms with Crippen LogP contribution in [-0.2, 0) is 21.2 Å². The molecule has 0 saturated carbocycles. The molecule has 0 spiro atoms. The molecule has 140 valence electrons. The number of ether oxygens (including phenoxy) is 1. The molecule has 0 unspecified atom stereocenters. The molecule has 0 amide bonds. The Hall–Kier alpha value is -1.80. The fourth-order valence-corrected chi connectivity index (χ4v) is 4.14. The number of aliphatic imine (C=N–C) groups is 1. The molecule has 25 heavy (non-hydrogen) atoms. The summed E-state index contributed by atoms with van der Waals surface area (Å²) in [5, 5.41) is 6.18. The lowest BCUT2D eigenvalue weighted by Crippen LogP contribution is -2.42. The third-order valence-electron chi connectivity index (χ3n) is 3.89. The number of hydrogen-bond donors (Lipinski definition) is 2. The number of nitrogens with one attached hydrogen (secondary N) is 2. The van der Waals surface area contributed by atoms with Gasteiger partial charge in [-0.2, -0.15) is 0 Å². The van der Waals surface area contributed by atoms with E-state index in [0.29, 0.717) is 45.4 Å². The lowest BCUT2D eigenvalue weighted by atomic mass is 10.2. The lowest BCUT2D eigenvalue weighted by Gasteiger charge is -2.20. The van der Waals surface area contributed by atoms with Gasteiger partial charge in [-0.15, -0.1) is 0 Å². The number of rotatable bonds is 9. The van der Waals surface area contributed by atoms with Crippen LogP contribution in [-0.4, -0.2) is 59.5 Å². The van der Waals surface area contributed by atoms with E-state index in [1.54, 1.807) is 0 Å². The Kier molecular flexibility index (Phi) is 7.52. The minimum Gasteiger partial charge on any atom is -0.380 e. The van der Waals surface area contributed by atoms with Crippen molar-refractivity contribution in [2.45, 2.75) is 20.3 Å². The second-order valence-electron chi connectivity index (χ2n) is 5.65. The quantitative estimate of drug-likeness (QED) is 0.386. The van der Waals surface area contributed by atoms with E-state index in [-0.39, 0.29) is 5.75 Å². The Balaban J connectivity index is 1.88. The Bertz CT molecular complexity index is 676. The molecule has 1 aliphatic heterocycles. The van der Waals surface area contributed by atoms with Crippen molar-refractivity contribution in [3.05, 3.63) is 29.8 Å². The summed E-state index contributed by atoms with van der Waals surface area (Å²) in [6.45, 7) is 7.20. The molecule has 1 heterocycles. The van der Waals surface area contributed by atoms with Crippen molar-refractivity contribution in [3.8, 4) is 0 Å². The second kappa shape index (κ2) is 9.62. The van der Waals surface area contributed by atoms with Crippen LogP contribution in [0.5, 0.6) is 0 Å². The molecule has 1 aromatic carbocycles. The first-order chi connectivity index (χ1) is 12.1. The molecular weight excluding hydrogens is 340 g/mol. The average molecular weight is 369 g/mol. The van der Waals surface area contributed by atoms with Crippen LogP contribution in [0.3, 0.4) is 0 Å². The molecule has 0 aliphatic carbocycles. The molecule has 0 fully saturated rings. The first-order valence-corrected chi connectivity index (χ1v) is 10.4. The molecule has 0 radical (unpaired) electrons. The highest BCUT2D eigenvalue weighted by molar-refractivity contribution is 7.92. The summed E-state index contributed by atoms with van der Waals surface area (Å²) in [5.74, 6) is 0.635. The molecule has 0 atom stereocenters. The van der Waals surface area contributed by atoms with E-state index in [0.717, 1.165) is 17.7 Å². The standard InChI is InChI=1S/C17H28N4O3S/c1-3-18-17(19-10-13-24-4-2)20-11-14-25(22,23)21-12-9-15-7-5-6-8-16(15)21/h5-8H,3-4,9-14H2,1-2H3,(H2,18,19,20). The van der Waals surface area contributed by atoms with Crippen molar-refractivity contribution in [1.82, 2.24) is 10.6 Å². The SMILES string of the molecule is CCNC(=NCCOCC)NCCS(=O)(=O)N1CCc2ccccc21. The maximum absolute atomic E-state index is 12.6. The molecule has 1 aromatic rings. The molecule has 1 aliphatic rings. The third kappa shape index (κ3) is 5.61. The molecule has 0 aromatic heterocycles. The number of guanidine groups is 1. The number of anilines is 1. The number of benzene rings is 1. The predicted octanol–water partition coefficient (Wildman–Crippen LogP) is 0.971. The van der Waals surface area contributed by atoms with Crippen molar-refractivity contribution in [3.63, 3.8) is 0 Å². The summed E-state index contributed by atoms with van der Waals surface area (Å²) in [4.78, 5) is 4.37. The highest BCUT2D eigenvalue weighted by Crippen LogP contribution is 2.29. The van der Waals surface area contributed by atoms with Crippen LogP contribution in [0.2, 0.25) is 0 Å². The summed E-state index contributed by atoms with van der Waals surface area (Å²) < 4.78 is 32.1. The fraction of sp³-hybridized carbons (Fsp3) is 0.588. The summed E-state index contributed by atoms with van der Waals surface area (Å²) in [6.07, 6.45) is 0.768. The van der Waals surface area contributed by atoms with E-state index in [1.165, 1.54) is 4.31 Å². The topological polar surface area (TPSA) is 83.0 Å². The number of fused-ring (bicyclic) bond motifs is 1. The molecule has 2 N–H and O–H groups in total. The monoisotopic (exact) mass is 368 g/mol. The van der Waals surface area contributed by atoms with Crippen LogP contribution < -0.4 is 14.9 Å². The van der Waals surface area contributed by atoms with Crippen LogP contribution in [0.25, 0.3) is 0 Å². The van der Waals surface area contributed by atoms with Gasteiger partial charge in [0, 0.05) is 26.2 Å². The summed E-state index contributed by atoms with van der Waals surface area (Å²) >= 11 is 0. The Morgan fingerprint density at radius 1 is 1.28 bits per heavy atom. The normalized spacial score (nSPS) is 14.5. The van der Waals surface area contributed by atoms with Crippen molar-refractivity contribution in [2.24, 2.45) is 4.99 Å². The first-order valence-electron chi connectivity index (χ1n) is 8.76. The van der Waals surface area contributed by atoms with E-state index < -0.39 is 10.0 Å². The van der Waals surface area contributed by atoms with E-state index in [1.807, 2.05) is 38.1 Å². The molecular formula is C17H28N4O3S. The van der Waals surface area contributed by atoms with Crippen LogP contribution in [0.1, 0.15) is 19.4 Å².